The fraction of sp³-hybridized carbons (Fsp3) is 0.300. The number of Topliss-reactive ketones (excluding diaryl/α,β-unsaturated/α-hetero) is 1. The quantitative estimate of drug-likeness (QED) is 0.614. The zero-order valence-corrected chi connectivity index (χ0v) is 15.1. The summed E-state index contributed by atoms with van der Waals surface area (Å²) in [7, 11) is 1.74. The van der Waals surface area contributed by atoms with Crippen LogP contribution in [0.4, 0.5) is 0 Å². The van der Waals surface area contributed by atoms with Gasteiger partial charge in [-0.2, -0.15) is 0 Å². The van der Waals surface area contributed by atoms with Crippen molar-refractivity contribution in [1.82, 2.24) is 19.4 Å². The number of likely N-dealkylation sites (N-methyl/N-ethyl adjacent to an activating group) is 1. The van der Waals surface area contributed by atoms with Crippen LogP contribution in [0.15, 0.2) is 49.1 Å². The average molecular weight is 350 g/mol. The second-order valence-corrected chi connectivity index (χ2v) is 6.31. The van der Waals surface area contributed by atoms with Crippen LogP contribution in [-0.2, 0) is 17.9 Å². The van der Waals surface area contributed by atoms with E-state index in [1.807, 2.05) is 35.8 Å². The summed E-state index contributed by atoms with van der Waals surface area (Å²) >= 11 is 0. The molecule has 26 heavy (non-hydrogen) atoms. The van der Waals surface area contributed by atoms with Crippen LogP contribution in [0.5, 0.6) is 0 Å². The third kappa shape index (κ3) is 3.79. The fourth-order valence-corrected chi connectivity index (χ4v) is 2.97. The topological polar surface area (TPSA) is 68.1 Å². The molecule has 0 spiro atoms. The van der Waals surface area contributed by atoms with E-state index in [2.05, 4.69) is 9.97 Å². The normalized spacial score (nSPS) is 10.8. The highest BCUT2D eigenvalue weighted by atomic mass is 16.2. The molecule has 134 valence electrons. The van der Waals surface area contributed by atoms with E-state index in [0.29, 0.717) is 18.5 Å². The van der Waals surface area contributed by atoms with Crippen LogP contribution in [0.2, 0.25) is 0 Å². The Morgan fingerprint density at radius 2 is 2.00 bits per heavy atom. The summed E-state index contributed by atoms with van der Waals surface area (Å²) in [5, 5.41) is 0.898. The van der Waals surface area contributed by atoms with Gasteiger partial charge >= 0.3 is 0 Å². The van der Waals surface area contributed by atoms with Gasteiger partial charge in [0.15, 0.2) is 5.78 Å². The molecule has 0 atom stereocenters. The maximum Gasteiger partial charge on any atom is 0.242 e. The molecule has 2 heterocycles. The number of carbonyl (C=O) groups is 2. The van der Waals surface area contributed by atoms with Crippen molar-refractivity contribution in [2.45, 2.75) is 32.9 Å². The van der Waals surface area contributed by atoms with Crippen LogP contribution < -0.4 is 0 Å². The van der Waals surface area contributed by atoms with Crippen LogP contribution in [0, 0.1) is 0 Å². The Kier molecular flexibility index (Phi) is 5.41. The predicted octanol–water partition coefficient (Wildman–Crippen LogP) is 3.07. The molecule has 2 aromatic heterocycles. The molecule has 1 aromatic carbocycles. The van der Waals surface area contributed by atoms with Gasteiger partial charge in [-0.25, -0.2) is 0 Å². The Morgan fingerprint density at radius 1 is 1.19 bits per heavy atom. The summed E-state index contributed by atoms with van der Waals surface area (Å²) in [5.74, 6) is 0.0636. The Balaban J connectivity index is 1.82. The van der Waals surface area contributed by atoms with Gasteiger partial charge in [0.1, 0.15) is 6.54 Å². The van der Waals surface area contributed by atoms with E-state index in [1.165, 1.54) is 0 Å². The van der Waals surface area contributed by atoms with E-state index < -0.39 is 0 Å². The third-order valence-electron chi connectivity index (χ3n) is 4.31. The number of ketones is 1. The summed E-state index contributed by atoms with van der Waals surface area (Å²) in [6, 6.07) is 7.70. The average Bonchev–Trinajstić information content (AvgIpc) is 3.01. The van der Waals surface area contributed by atoms with Crippen LogP contribution >= 0.6 is 0 Å². The maximum atomic E-state index is 12.6. The molecule has 0 saturated carbocycles. The van der Waals surface area contributed by atoms with E-state index in [0.717, 1.165) is 23.0 Å². The van der Waals surface area contributed by atoms with Gasteiger partial charge < -0.3 is 9.47 Å². The molecule has 0 bridgehead atoms. The standard InChI is InChI=1S/C20H22N4O2/c1-3-6-19(25)17-13-24(18-8-5-4-7-16(17)18)14-20(26)23(2)12-15-11-21-9-10-22-15/h4-5,7-11,13H,3,6,12,14H2,1-2H3. The van der Waals surface area contributed by atoms with Crippen molar-refractivity contribution in [3.05, 3.63) is 60.3 Å². The monoisotopic (exact) mass is 350 g/mol. The van der Waals surface area contributed by atoms with Crippen molar-refractivity contribution in [1.29, 1.82) is 0 Å². The molecule has 1 amide bonds. The molecule has 0 fully saturated rings. The number of aromatic nitrogens is 3. The molecule has 0 saturated heterocycles. The first kappa shape index (κ1) is 17.8. The molecule has 6 nitrogen and oxygen atoms in total. The van der Waals surface area contributed by atoms with Crippen LogP contribution in [0.25, 0.3) is 10.9 Å². The minimum absolute atomic E-state index is 0.0501. The van der Waals surface area contributed by atoms with Crippen molar-refractivity contribution in [2.24, 2.45) is 0 Å². The molecule has 6 heteroatoms. The maximum absolute atomic E-state index is 12.6. The van der Waals surface area contributed by atoms with Gasteiger partial charge in [0.25, 0.3) is 0 Å². The van der Waals surface area contributed by atoms with Gasteiger partial charge in [0.2, 0.25) is 5.91 Å². The zero-order chi connectivity index (χ0) is 18.5. The summed E-state index contributed by atoms with van der Waals surface area (Å²) in [6.07, 6.45) is 7.98. The lowest BCUT2D eigenvalue weighted by atomic mass is 10.1. The van der Waals surface area contributed by atoms with Crippen LogP contribution in [-0.4, -0.2) is 38.2 Å². The van der Waals surface area contributed by atoms with E-state index >= 15 is 0 Å². The second kappa shape index (κ2) is 7.91. The molecule has 0 radical (unpaired) electrons. The van der Waals surface area contributed by atoms with Crippen LogP contribution in [0.3, 0.4) is 0 Å². The highest BCUT2D eigenvalue weighted by Crippen LogP contribution is 2.23. The molecule has 0 aliphatic carbocycles. The van der Waals surface area contributed by atoms with Crippen molar-refractivity contribution in [3.8, 4) is 0 Å². The second-order valence-electron chi connectivity index (χ2n) is 6.31. The smallest absolute Gasteiger partial charge is 0.242 e. The van der Waals surface area contributed by atoms with Crippen molar-refractivity contribution in [2.75, 3.05) is 7.05 Å². The van der Waals surface area contributed by atoms with Gasteiger partial charge in [-0.1, -0.05) is 25.1 Å². The van der Waals surface area contributed by atoms with E-state index in [-0.39, 0.29) is 18.2 Å². The molecule has 0 aliphatic rings. The highest BCUT2D eigenvalue weighted by molar-refractivity contribution is 6.08. The summed E-state index contributed by atoms with van der Waals surface area (Å²) in [4.78, 5) is 34.9. The first-order chi connectivity index (χ1) is 12.6. The lowest BCUT2D eigenvalue weighted by Gasteiger charge is -2.17. The number of carbonyl (C=O) groups excluding carboxylic acids is 2. The Morgan fingerprint density at radius 3 is 2.73 bits per heavy atom. The Bertz CT molecular complexity index is 918. The number of nitrogens with zero attached hydrogens (tertiary/aromatic N) is 4. The number of hydrogen-bond acceptors (Lipinski definition) is 4. The van der Waals surface area contributed by atoms with Gasteiger partial charge in [0, 0.05) is 48.5 Å². The fourth-order valence-electron chi connectivity index (χ4n) is 2.97. The van der Waals surface area contributed by atoms with E-state index in [4.69, 9.17) is 0 Å². The minimum Gasteiger partial charge on any atom is -0.338 e. The molecular formula is C20H22N4O2. The predicted molar refractivity (Wildman–Crippen MR) is 99.7 cm³/mol. The number of amides is 1. The summed E-state index contributed by atoms with van der Waals surface area (Å²) in [6.45, 7) is 2.56. The Labute approximate surface area is 152 Å². The highest BCUT2D eigenvalue weighted by Gasteiger charge is 2.17. The molecule has 0 unspecified atom stereocenters. The van der Waals surface area contributed by atoms with Crippen molar-refractivity contribution >= 4 is 22.6 Å². The number of hydrogen-bond donors (Lipinski definition) is 0. The van der Waals surface area contributed by atoms with Gasteiger partial charge in [-0.05, 0) is 12.5 Å². The lowest BCUT2D eigenvalue weighted by Crippen LogP contribution is -2.30. The van der Waals surface area contributed by atoms with Crippen LogP contribution in [0.1, 0.15) is 35.8 Å². The number of benzene rings is 1. The molecular weight excluding hydrogens is 328 g/mol. The van der Waals surface area contributed by atoms with E-state index in [9.17, 15) is 9.59 Å². The first-order valence-corrected chi connectivity index (χ1v) is 8.70. The summed E-state index contributed by atoms with van der Waals surface area (Å²) in [5.41, 5.74) is 2.32. The first-order valence-electron chi connectivity index (χ1n) is 8.70. The minimum atomic E-state index is -0.0501. The van der Waals surface area contributed by atoms with Gasteiger partial charge in [-0.15, -0.1) is 0 Å². The number of fused-ring (bicyclic) bond motifs is 1. The van der Waals surface area contributed by atoms with Crippen molar-refractivity contribution < 1.29 is 9.59 Å². The van der Waals surface area contributed by atoms with Gasteiger partial charge in [-0.3, -0.25) is 19.6 Å². The zero-order valence-electron chi connectivity index (χ0n) is 15.1. The largest absolute Gasteiger partial charge is 0.338 e. The number of rotatable bonds is 7. The number of para-hydroxylation sites is 1. The molecule has 3 rings (SSSR count). The van der Waals surface area contributed by atoms with Gasteiger partial charge in [0.05, 0.1) is 18.4 Å². The van der Waals surface area contributed by atoms with Crippen molar-refractivity contribution in [3.63, 3.8) is 0 Å². The summed E-state index contributed by atoms with van der Waals surface area (Å²) < 4.78 is 1.85. The SMILES string of the molecule is CCCC(=O)c1cn(CC(=O)N(C)Cc2cnccn2)c2ccccc12. The van der Waals surface area contributed by atoms with E-state index in [1.54, 1.807) is 36.7 Å². The molecule has 3 aromatic rings. The molecule has 0 aliphatic heterocycles. The third-order valence-corrected chi connectivity index (χ3v) is 4.31. The lowest BCUT2D eigenvalue weighted by molar-refractivity contribution is -0.131. The Hall–Kier alpha value is -3.02. The molecule has 0 N–H and O–H groups in total.